The molecule has 1 aliphatic carbocycles. The van der Waals surface area contributed by atoms with E-state index < -0.39 is 5.60 Å². The third kappa shape index (κ3) is 2.51. The van der Waals surface area contributed by atoms with E-state index in [1.54, 1.807) is 6.07 Å². The summed E-state index contributed by atoms with van der Waals surface area (Å²) < 4.78 is 18.5. The van der Waals surface area contributed by atoms with E-state index in [2.05, 4.69) is 6.92 Å². The van der Waals surface area contributed by atoms with Gasteiger partial charge >= 0.3 is 0 Å². The van der Waals surface area contributed by atoms with Gasteiger partial charge in [-0.05, 0) is 36.5 Å². The molecule has 2 nitrogen and oxygen atoms in total. The molecule has 0 radical (unpaired) electrons. The van der Waals surface area contributed by atoms with Crippen LogP contribution in [0.5, 0.6) is 5.75 Å². The highest BCUT2D eigenvalue weighted by Crippen LogP contribution is 2.40. The maximum absolute atomic E-state index is 13.6. The molecule has 1 N–H and O–H groups in total. The molecule has 1 fully saturated rings. The van der Waals surface area contributed by atoms with Crippen LogP contribution in [0.4, 0.5) is 4.39 Å². The lowest BCUT2D eigenvalue weighted by Gasteiger charge is -2.29. The van der Waals surface area contributed by atoms with Crippen LogP contribution in [0, 0.1) is 11.7 Å². The highest BCUT2D eigenvalue weighted by atomic mass is 19.1. The molecule has 2 atom stereocenters. The van der Waals surface area contributed by atoms with Gasteiger partial charge in [-0.25, -0.2) is 4.39 Å². The maximum atomic E-state index is 13.6. The maximum Gasteiger partial charge on any atom is 0.165 e. The highest BCUT2D eigenvalue weighted by Gasteiger charge is 2.39. The first-order chi connectivity index (χ1) is 8.59. The van der Waals surface area contributed by atoms with E-state index in [1.807, 2.05) is 6.07 Å². The Bertz CT molecular complexity index is 419. The third-order valence-electron chi connectivity index (χ3n) is 4.14. The molecule has 3 heteroatoms. The molecule has 2 unspecified atom stereocenters. The Hall–Kier alpha value is -1.09. The summed E-state index contributed by atoms with van der Waals surface area (Å²) in [5, 5.41) is 10.7. The predicted octanol–water partition coefficient (Wildman–Crippen LogP) is 3.32. The van der Waals surface area contributed by atoms with Crippen LogP contribution in [0.25, 0.3) is 0 Å². The first-order valence-corrected chi connectivity index (χ1v) is 6.64. The summed E-state index contributed by atoms with van der Waals surface area (Å²) in [4.78, 5) is 0. The number of hydrogen-bond acceptors (Lipinski definition) is 2. The van der Waals surface area contributed by atoms with Gasteiger partial charge in [-0.2, -0.15) is 0 Å². The summed E-state index contributed by atoms with van der Waals surface area (Å²) in [6.07, 6.45) is 4.47. The zero-order valence-corrected chi connectivity index (χ0v) is 11.1. The summed E-state index contributed by atoms with van der Waals surface area (Å²) in [5.74, 6) is 0.233. The monoisotopic (exact) mass is 252 g/mol. The number of benzene rings is 1. The van der Waals surface area contributed by atoms with Crippen molar-refractivity contribution in [2.45, 2.75) is 44.6 Å². The number of halogens is 1. The molecular formula is C15H21FO2. The quantitative estimate of drug-likeness (QED) is 0.890. The van der Waals surface area contributed by atoms with Crippen LogP contribution in [-0.2, 0) is 6.42 Å². The predicted molar refractivity (Wildman–Crippen MR) is 69.2 cm³/mol. The molecule has 1 saturated carbocycles. The van der Waals surface area contributed by atoms with Crippen molar-refractivity contribution in [1.29, 1.82) is 0 Å². The van der Waals surface area contributed by atoms with Crippen LogP contribution in [0.1, 0.15) is 38.2 Å². The van der Waals surface area contributed by atoms with Crippen LogP contribution < -0.4 is 4.74 Å². The van der Waals surface area contributed by atoms with Crippen molar-refractivity contribution < 1.29 is 14.2 Å². The van der Waals surface area contributed by atoms with Gasteiger partial charge in [0, 0.05) is 6.42 Å². The first kappa shape index (κ1) is 13.3. The van der Waals surface area contributed by atoms with Crippen molar-refractivity contribution in [3.8, 4) is 5.75 Å². The molecule has 0 saturated heterocycles. The zero-order chi connectivity index (χ0) is 13.2. The molecule has 0 heterocycles. The van der Waals surface area contributed by atoms with Gasteiger partial charge < -0.3 is 9.84 Å². The SMILES string of the molecule is CCC1CCCC1(O)Cc1ccc(OC)c(F)c1. The molecule has 2 rings (SSSR count). The molecule has 100 valence electrons. The molecule has 0 amide bonds. The number of methoxy groups -OCH3 is 1. The fourth-order valence-electron chi connectivity index (χ4n) is 3.12. The van der Waals surface area contributed by atoms with Gasteiger partial charge in [0.05, 0.1) is 12.7 Å². The molecule has 0 aliphatic heterocycles. The van der Waals surface area contributed by atoms with Gasteiger partial charge in [0.1, 0.15) is 0 Å². The van der Waals surface area contributed by atoms with Crippen LogP contribution in [0.15, 0.2) is 18.2 Å². The average Bonchev–Trinajstić information content (AvgIpc) is 2.70. The van der Waals surface area contributed by atoms with Gasteiger partial charge in [-0.1, -0.05) is 25.8 Å². The molecule has 18 heavy (non-hydrogen) atoms. The van der Waals surface area contributed by atoms with E-state index in [9.17, 15) is 9.50 Å². The first-order valence-electron chi connectivity index (χ1n) is 6.64. The number of ether oxygens (including phenoxy) is 1. The van der Waals surface area contributed by atoms with Gasteiger partial charge in [-0.3, -0.25) is 0 Å². The minimum Gasteiger partial charge on any atom is -0.494 e. The Balaban J connectivity index is 2.16. The summed E-state index contributed by atoms with van der Waals surface area (Å²) in [6, 6.07) is 4.94. The smallest absolute Gasteiger partial charge is 0.165 e. The highest BCUT2D eigenvalue weighted by molar-refractivity contribution is 5.30. The molecule has 0 aromatic heterocycles. The van der Waals surface area contributed by atoms with E-state index in [0.717, 1.165) is 31.2 Å². The molecule has 0 spiro atoms. The Morgan fingerprint density at radius 3 is 2.89 bits per heavy atom. The molecule has 1 aliphatic rings. The minimum absolute atomic E-state index is 0.254. The largest absolute Gasteiger partial charge is 0.494 e. The molecule has 0 bridgehead atoms. The van der Waals surface area contributed by atoms with Crippen molar-refractivity contribution in [1.82, 2.24) is 0 Å². The summed E-state index contributed by atoms with van der Waals surface area (Å²) >= 11 is 0. The Labute approximate surface area is 108 Å². The van der Waals surface area contributed by atoms with E-state index in [1.165, 1.54) is 13.2 Å². The Kier molecular flexibility index (Phi) is 3.91. The van der Waals surface area contributed by atoms with Crippen LogP contribution in [-0.4, -0.2) is 17.8 Å². The second-order valence-electron chi connectivity index (χ2n) is 5.25. The topological polar surface area (TPSA) is 29.5 Å². The lowest BCUT2D eigenvalue weighted by molar-refractivity contribution is 0.00141. The van der Waals surface area contributed by atoms with Gasteiger partial charge in [0.15, 0.2) is 11.6 Å². The minimum atomic E-state index is -0.657. The Morgan fingerprint density at radius 2 is 2.28 bits per heavy atom. The molecular weight excluding hydrogens is 231 g/mol. The summed E-state index contributed by atoms with van der Waals surface area (Å²) in [7, 11) is 1.45. The third-order valence-corrected chi connectivity index (χ3v) is 4.14. The molecule has 1 aromatic carbocycles. The van der Waals surface area contributed by atoms with Gasteiger partial charge in [0.2, 0.25) is 0 Å². The average molecular weight is 252 g/mol. The van der Waals surface area contributed by atoms with Crippen molar-refractivity contribution >= 4 is 0 Å². The number of hydrogen-bond donors (Lipinski definition) is 1. The van der Waals surface area contributed by atoms with E-state index >= 15 is 0 Å². The molecule has 1 aromatic rings. The van der Waals surface area contributed by atoms with Crippen LogP contribution >= 0.6 is 0 Å². The van der Waals surface area contributed by atoms with Crippen molar-refractivity contribution in [3.05, 3.63) is 29.6 Å². The van der Waals surface area contributed by atoms with E-state index in [0.29, 0.717) is 12.3 Å². The van der Waals surface area contributed by atoms with E-state index in [4.69, 9.17) is 4.74 Å². The fourth-order valence-corrected chi connectivity index (χ4v) is 3.12. The van der Waals surface area contributed by atoms with Crippen molar-refractivity contribution in [2.75, 3.05) is 7.11 Å². The second-order valence-corrected chi connectivity index (χ2v) is 5.25. The van der Waals surface area contributed by atoms with E-state index in [-0.39, 0.29) is 11.6 Å². The van der Waals surface area contributed by atoms with Crippen LogP contribution in [0.2, 0.25) is 0 Å². The fraction of sp³-hybridized carbons (Fsp3) is 0.600. The number of aliphatic hydroxyl groups is 1. The zero-order valence-electron chi connectivity index (χ0n) is 11.1. The lowest BCUT2D eigenvalue weighted by Crippen LogP contribution is -2.35. The van der Waals surface area contributed by atoms with Crippen LogP contribution in [0.3, 0.4) is 0 Å². The summed E-state index contributed by atoms with van der Waals surface area (Å²) in [5.41, 5.74) is 0.187. The second kappa shape index (κ2) is 5.27. The Morgan fingerprint density at radius 1 is 1.50 bits per heavy atom. The number of rotatable bonds is 4. The van der Waals surface area contributed by atoms with Crippen molar-refractivity contribution in [2.24, 2.45) is 5.92 Å². The standard InChI is InChI=1S/C15H21FO2/c1-3-12-5-4-8-15(12,17)10-11-6-7-14(18-2)13(16)9-11/h6-7,9,12,17H,3-5,8,10H2,1-2H3. The van der Waals surface area contributed by atoms with Gasteiger partial charge in [-0.15, -0.1) is 0 Å². The normalized spacial score (nSPS) is 27.4. The van der Waals surface area contributed by atoms with Gasteiger partial charge in [0.25, 0.3) is 0 Å². The van der Waals surface area contributed by atoms with Crippen molar-refractivity contribution in [3.63, 3.8) is 0 Å². The summed E-state index contributed by atoms with van der Waals surface area (Å²) in [6.45, 7) is 2.11. The lowest BCUT2D eigenvalue weighted by atomic mass is 9.83.